The summed E-state index contributed by atoms with van der Waals surface area (Å²) in [7, 11) is 0. The predicted octanol–water partition coefficient (Wildman–Crippen LogP) is -0.239. The van der Waals surface area contributed by atoms with Crippen LogP contribution in [0.1, 0.15) is 18.5 Å². The Morgan fingerprint density at radius 2 is 2.50 bits per heavy atom. The van der Waals surface area contributed by atoms with Crippen molar-refractivity contribution in [3.63, 3.8) is 0 Å². The van der Waals surface area contributed by atoms with E-state index in [1.807, 2.05) is 6.07 Å². The minimum absolute atomic E-state index is 0.0318. The highest BCUT2D eigenvalue weighted by molar-refractivity contribution is 5.21. The molecule has 0 saturated heterocycles. The molecule has 1 aliphatic carbocycles. The highest BCUT2D eigenvalue weighted by atomic mass is 16.3. The van der Waals surface area contributed by atoms with Crippen molar-refractivity contribution in [1.82, 2.24) is 10.2 Å². The number of aromatic nitrogens is 2. The lowest BCUT2D eigenvalue weighted by atomic mass is 9.65. The number of nitrogens with one attached hydrogen (secondary N) is 1. The van der Waals surface area contributed by atoms with E-state index >= 15 is 0 Å². The Labute approximate surface area is 70.8 Å². The van der Waals surface area contributed by atoms with Gasteiger partial charge in [-0.05, 0) is 18.9 Å². The molecule has 12 heavy (non-hydrogen) atoms. The van der Waals surface area contributed by atoms with Crippen molar-refractivity contribution >= 4 is 0 Å². The zero-order chi connectivity index (χ0) is 8.60. The van der Waals surface area contributed by atoms with Crippen LogP contribution in [0.25, 0.3) is 0 Å². The summed E-state index contributed by atoms with van der Waals surface area (Å²) in [6.07, 6.45) is 3.05. The largest absolute Gasteiger partial charge is 0.393 e. The van der Waals surface area contributed by atoms with Crippen LogP contribution >= 0.6 is 0 Å². The minimum Gasteiger partial charge on any atom is -0.393 e. The highest BCUT2D eigenvalue weighted by Gasteiger charge is 2.44. The molecule has 4 N–H and O–H groups in total. The molecule has 0 amide bonds. The number of hydrogen-bond donors (Lipinski definition) is 3. The summed E-state index contributed by atoms with van der Waals surface area (Å²) in [6.45, 7) is 0.576. The van der Waals surface area contributed by atoms with Gasteiger partial charge in [-0.3, -0.25) is 5.10 Å². The van der Waals surface area contributed by atoms with Gasteiger partial charge in [0.15, 0.2) is 0 Å². The fourth-order valence-electron chi connectivity index (χ4n) is 1.89. The van der Waals surface area contributed by atoms with E-state index in [-0.39, 0.29) is 11.5 Å². The second-order valence-corrected chi connectivity index (χ2v) is 3.52. The maximum Gasteiger partial charge on any atom is 0.0559 e. The first-order chi connectivity index (χ1) is 5.77. The van der Waals surface area contributed by atoms with Gasteiger partial charge in [-0.2, -0.15) is 5.10 Å². The van der Waals surface area contributed by atoms with E-state index in [4.69, 9.17) is 5.73 Å². The molecule has 1 heterocycles. The van der Waals surface area contributed by atoms with Crippen LogP contribution in [0.5, 0.6) is 0 Å². The van der Waals surface area contributed by atoms with Gasteiger partial charge in [0.25, 0.3) is 0 Å². The first kappa shape index (κ1) is 7.76. The molecule has 1 saturated carbocycles. The topological polar surface area (TPSA) is 74.9 Å². The van der Waals surface area contributed by atoms with Crippen LogP contribution in [0.15, 0.2) is 12.3 Å². The summed E-state index contributed by atoms with van der Waals surface area (Å²) >= 11 is 0. The number of H-pyrrole nitrogens is 1. The van der Waals surface area contributed by atoms with Gasteiger partial charge in [-0.1, -0.05) is 0 Å². The van der Waals surface area contributed by atoms with Crippen molar-refractivity contribution in [1.29, 1.82) is 0 Å². The average molecular weight is 167 g/mol. The van der Waals surface area contributed by atoms with E-state index in [2.05, 4.69) is 10.2 Å². The van der Waals surface area contributed by atoms with Gasteiger partial charge in [0.05, 0.1) is 6.10 Å². The molecule has 0 atom stereocenters. The minimum atomic E-state index is -0.183. The second-order valence-electron chi connectivity index (χ2n) is 3.52. The number of nitrogens with two attached hydrogens (primary N) is 1. The van der Waals surface area contributed by atoms with Crippen molar-refractivity contribution in [3.05, 3.63) is 18.0 Å². The van der Waals surface area contributed by atoms with E-state index in [1.54, 1.807) is 6.20 Å². The molecule has 0 unspecified atom stereocenters. The van der Waals surface area contributed by atoms with Crippen LogP contribution in [0, 0.1) is 0 Å². The van der Waals surface area contributed by atoms with E-state index in [9.17, 15) is 5.11 Å². The molecule has 1 aromatic rings. The fraction of sp³-hybridized carbons (Fsp3) is 0.625. The van der Waals surface area contributed by atoms with Crippen molar-refractivity contribution < 1.29 is 5.11 Å². The van der Waals surface area contributed by atoms with Crippen LogP contribution in [0.3, 0.4) is 0 Å². The van der Waals surface area contributed by atoms with Gasteiger partial charge in [0.2, 0.25) is 0 Å². The molecule has 0 aromatic carbocycles. The zero-order valence-electron chi connectivity index (χ0n) is 6.83. The van der Waals surface area contributed by atoms with Crippen LogP contribution < -0.4 is 5.73 Å². The van der Waals surface area contributed by atoms with Gasteiger partial charge in [-0.25, -0.2) is 0 Å². The van der Waals surface area contributed by atoms with Crippen molar-refractivity contribution in [2.75, 3.05) is 6.54 Å². The molecule has 0 bridgehead atoms. The van der Waals surface area contributed by atoms with Crippen molar-refractivity contribution in [2.45, 2.75) is 24.4 Å². The quantitative estimate of drug-likeness (QED) is 0.569. The monoisotopic (exact) mass is 167 g/mol. The number of rotatable bonds is 2. The number of aliphatic hydroxyl groups is 1. The normalized spacial score (nSPS) is 34.7. The molecule has 0 spiro atoms. The molecule has 66 valence electrons. The molecule has 4 heteroatoms. The summed E-state index contributed by atoms with van der Waals surface area (Å²) in [5, 5.41) is 16.0. The summed E-state index contributed by atoms with van der Waals surface area (Å²) < 4.78 is 0. The first-order valence-electron chi connectivity index (χ1n) is 4.15. The highest BCUT2D eigenvalue weighted by Crippen LogP contribution is 2.41. The van der Waals surface area contributed by atoms with E-state index in [0.717, 1.165) is 18.5 Å². The average Bonchev–Trinajstić information content (AvgIpc) is 2.50. The third-order valence-corrected chi connectivity index (χ3v) is 2.72. The number of hydrogen-bond acceptors (Lipinski definition) is 3. The lowest BCUT2D eigenvalue weighted by Crippen LogP contribution is -2.50. The van der Waals surface area contributed by atoms with Crippen molar-refractivity contribution in [3.8, 4) is 0 Å². The second kappa shape index (κ2) is 2.57. The maximum atomic E-state index is 9.22. The lowest BCUT2D eigenvalue weighted by Gasteiger charge is -2.43. The summed E-state index contributed by atoms with van der Waals surface area (Å²) in [5.41, 5.74) is 6.68. The molecular weight excluding hydrogens is 154 g/mol. The Morgan fingerprint density at radius 1 is 1.75 bits per heavy atom. The van der Waals surface area contributed by atoms with Crippen molar-refractivity contribution in [2.24, 2.45) is 5.73 Å². The van der Waals surface area contributed by atoms with E-state index in [1.165, 1.54) is 0 Å². The van der Waals surface area contributed by atoms with Crippen LogP contribution in [-0.4, -0.2) is 28.0 Å². The number of aliphatic hydroxyl groups excluding tert-OH is 1. The van der Waals surface area contributed by atoms with Gasteiger partial charge in [0.1, 0.15) is 0 Å². The maximum absolute atomic E-state index is 9.22. The summed E-state index contributed by atoms with van der Waals surface area (Å²) in [6, 6.07) is 1.93. The Hall–Kier alpha value is -0.870. The Bertz CT molecular complexity index is 251. The molecule has 0 radical (unpaired) electrons. The standard InChI is InChI=1S/C8H13N3O/c9-5-8(3-6(12)4-8)7-1-2-10-11-7/h1-2,6,12H,3-5,9H2,(H,10,11). The Balaban J connectivity index is 2.20. The molecular formula is C8H13N3O. The SMILES string of the molecule is NCC1(c2ccn[nH]2)CC(O)C1. The van der Waals surface area contributed by atoms with Gasteiger partial charge < -0.3 is 10.8 Å². The van der Waals surface area contributed by atoms with E-state index in [0.29, 0.717) is 6.54 Å². The van der Waals surface area contributed by atoms with Gasteiger partial charge >= 0.3 is 0 Å². The Morgan fingerprint density at radius 3 is 2.92 bits per heavy atom. The molecule has 1 aromatic heterocycles. The fourth-order valence-corrected chi connectivity index (χ4v) is 1.89. The van der Waals surface area contributed by atoms with Crippen LogP contribution in [-0.2, 0) is 5.41 Å². The summed E-state index contributed by atoms with van der Waals surface area (Å²) in [5.74, 6) is 0. The van der Waals surface area contributed by atoms with Gasteiger partial charge in [-0.15, -0.1) is 0 Å². The van der Waals surface area contributed by atoms with Crippen LogP contribution in [0.2, 0.25) is 0 Å². The number of nitrogens with zero attached hydrogens (tertiary/aromatic N) is 1. The van der Waals surface area contributed by atoms with Gasteiger partial charge in [0, 0.05) is 23.9 Å². The molecule has 2 rings (SSSR count). The first-order valence-corrected chi connectivity index (χ1v) is 4.15. The predicted molar refractivity (Wildman–Crippen MR) is 44.6 cm³/mol. The lowest BCUT2D eigenvalue weighted by molar-refractivity contribution is 0.0200. The Kier molecular flexibility index (Phi) is 1.66. The smallest absolute Gasteiger partial charge is 0.0559 e. The molecule has 1 aliphatic rings. The third kappa shape index (κ3) is 0.956. The van der Waals surface area contributed by atoms with E-state index < -0.39 is 0 Å². The number of aromatic amines is 1. The molecule has 4 nitrogen and oxygen atoms in total. The molecule has 0 aliphatic heterocycles. The zero-order valence-corrected chi connectivity index (χ0v) is 6.83. The summed E-state index contributed by atoms with van der Waals surface area (Å²) in [4.78, 5) is 0. The molecule has 1 fully saturated rings. The van der Waals surface area contributed by atoms with Crippen LogP contribution in [0.4, 0.5) is 0 Å². The third-order valence-electron chi connectivity index (χ3n) is 2.72.